The number of rotatable bonds is 4. The molecular weight excluding hydrogens is 200 g/mol. The van der Waals surface area contributed by atoms with E-state index in [9.17, 15) is 5.11 Å². The summed E-state index contributed by atoms with van der Waals surface area (Å²) >= 11 is 0. The van der Waals surface area contributed by atoms with Gasteiger partial charge in [-0.3, -0.25) is 0 Å². The van der Waals surface area contributed by atoms with E-state index < -0.39 is 0 Å². The van der Waals surface area contributed by atoms with Gasteiger partial charge >= 0.3 is 0 Å². The highest BCUT2D eigenvalue weighted by Gasteiger charge is 2.18. The molecule has 86 valence electrons. The van der Waals surface area contributed by atoms with Crippen molar-refractivity contribution < 1.29 is 9.84 Å². The Kier molecular flexibility index (Phi) is 4.14. The molecule has 0 unspecified atom stereocenters. The molecule has 0 radical (unpaired) electrons. The van der Waals surface area contributed by atoms with Crippen LogP contribution in [0.25, 0.3) is 0 Å². The van der Waals surface area contributed by atoms with E-state index in [2.05, 4.69) is 12.2 Å². The quantitative estimate of drug-likeness (QED) is 0.787. The van der Waals surface area contributed by atoms with Crippen LogP contribution in [0, 0.1) is 5.92 Å². The van der Waals surface area contributed by atoms with Gasteiger partial charge in [-0.2, -0.15) is 0 Å². The van der Waals surface area contributed by atoms with Gasteiger partial charge in [-0.15, -0.1) is 0 Å². The molecule has 1 N–H and O–H groups in total. The van der Waals surface area contributed by atoms with E-state index in [-0.39, 0.29) is 12.0 Å². The second-order valence-electron chi connectivity index (χ2n) is 4.24. The SMILES string of the molecule is O[C@@H]1CCC=C[C@@H]1COCc1ccccc1. The van der Waals surface area contributed by atoms with E-state index in [0.717, 1.165) is 12.8 Å². The lowest BCUT2D eigenvalue weighted by molar-refractivity contribution is 0.0340. The van der Waals surface area contributed by atoms with E-state index in [0.29, 0.717) is 13.2 Å². The lowest BCUT2D eigenvalue weighted by atomic mass is 9.93. The summed E-state index contributed by atoms with van der Waals surface area (Å²) in [6.45, 7) is 1.23. The second kappa shape index (κ2) is 5.83. The number of aliphatic hydroxyl groups is 1. The van der Waals surface area contributed by atoms with Crippen molar-refractivity contribution in [2.24, 2.45) is 5.92 Å². The summed E-state index contributed by atoms with van der Waals surface area (Å²) in [7, 11) is 0. The van der Waals surface area contributed by atoms with Crippen LogP contribution in [0.4, 0.5) is 0 Å². The highest BCUT2D eigenvalue weighted by atomic mass is 16.5. The van der Waals surface area contributed by atoms with Gasteiger partial charge in [0.25, 0.3) is 0 Å². The average molecular weight is 218 g/mol. The first-order valence-electron chi connectivity index (χ1n) is 5.82. The molecule has 0 aliphatic heterocycles. The molecule has 0 spiro atoms. The number of aliphatic hydroxyl groups excluding tert-OH is 1. The normalized spacial score (nSPS) is 24.6. The molecule has 0 saturated heterocycles. The Morgan fingerprint density at radius 1 is 1.25 bits per heavy atom. The Morgan fingerprint density at radius 2 is 2.06 bits per heavy atom. The van der Waals surface area contributed by atoms with E-state index in [1.165, 1.54) is 5.56 Å². The minimum atomic E-state index is -0.235. The van der Waals surface area contributed by atoms with Gasteiger partial charge in [-0.25, -0.2) is 0 Å². The van der Waals surface area contributed by atoms with Crippen LogP contribution in [0.1, 0.15) is 18.4 Å². The Hall–Kier alpha value is -1.12. The summed E-state index contributed by atoms with van der Waals surface area (Å²) in [4.78, 5) is 0. The van der Waals surface area contributed by atoms with Gasteiger partial charge in [0.15, 0.2) is 0 Å². The summed E-state index contributed by atoms with van der Waals surface area (Å²) in [5.74, 6) is 0.164. The average Bonchev–Trinajstić information content (AvgIpc) is 2.33. The molecule has 0 saturated carbocycles. The predicted octanol–water partition coefficient (Wildman–Crippen LogP) is 2.53. The zero-order valence-electron chi connectivity index (χ0n) is 9.38. The molecule has 1 aliphatic carbocycles. The molecule has 1 aliphatic rings. The number of hydrogen-bond acceptors (Lipinski definition) is 2. The first-order chi connectivity index (χ1) is 7.86. The topological polar surface area (TPSA) is 29.5 Å². The first kappa shape index (κ1) is 11.4. The Labute approximate surface area is 96.6 Å². The third-order valence-electron chi connectivity index (χ3n) is 2.93. The fourth-order valence-electron chi connectivity index (χ4n) is 1.93. The van der Waals surface area contributed by atoms with Gasteiger partial charge in [-0.1, -0.05) is 42.5 Å². The lowest BCUT2D eigenvalue weighted by Crippen LogP contribution is -2.25. The molecule has 1 aromatic rings. The molecule has 16 heavy (non-hydrogen) atoms. The van der Waals surface area contributed by atoms with Gasteiger partial charge in [0.2, 0.25) is 0 Å². The predicted molar refractivity (Wildman–Crippen MR) is 64.0 cm³/mol. The Balaban J connectivity index is 1.75. The summed E-state index contributed by atoms with van der Waals surface area (Å²) in [6.07, 6.45) is 5.80. The Bertz CT molecular complexity index is 332. The monoisotopic (exact) mass is 218 g/mol. The van der Waals surface area contributed by atoms with Crippen LogP contribution in [0.3, 0.4) is 0 Å². The molecular formula is C14H18O2. The van der Waals surface area contributed by atoms with Crippen LogP contribution in [-0.2, 0) is 11.3 Å². The maximum atomic E-state index is 9.73. The van der Waals surface area contributed by atoms with Crippen LogP contribution in [-0.4, -0.2) is 17.8 Å². The van der Waals surface area contributed by atoms with Gasteiger partial charge in [0.1, 0.15) is 0 Å². The van der Waals surface area contributed by atoms with Crippen LogP contribution in [0.5, 0.6) is 0 Å². The summed E-state index contributed by atoms with van der Waals surface area (Å²) < 4.78 is 5.62. The molecule has 0 fully saturated rings. The van der Waals surface area contributed by atoms with Crippen molar-refractivity contribution in [1.82, 2.24) is 0 Å². The molecule has 0 amide bonds. The molecule has 2 rings (SSSR count). The minimum absolute atomic E-state index is 0.164. The van der Waals surface area contributed by atoms with Crippen molar-refractivity contribution in [2.45, 2.75) is 25.6 Å². The molecule has 2 nitrogen and oxygen atoms in total. The molecule has 0 aromatic heterocycles. The highest BCUT2D eigenvalue weighted by molar-refractivity contribution is 5.13. The fraction of sp³-hybridized carbons (Fsp3) is 0.429. The largest absolute Gasteiger partial charge is 0.392 e. The standard InChI is InChI=1S/C14H18O2/c15-14-9-5-4-8-13(14)11-16-10-12-6-2-1-3-7-12/h1-4,6-8,13-15H,5,9-11H2/t13-,14-/m1/s1. The van der Waals surface area contributed by atoms with Crippen molar-refractivity contribution >= 4 is 0 Å². The molecule has 2 heteroatoms. The van der Waals surface area contributed by atoms with Crippen LogP contribution in [0.15, 0.2) is 42.5 Å². The number of hydrogen-bond donors (Lipinski definition) is 1. The van der Waals surface area contributed by atoms with Gasteiger partial charge < -0.3 is 9.84 Å². The summed E-state index contributed by atoms with van der Waals surface area (Å²) in [6, 6.07) is 10.1. The molecule has 0 heterocycles. The molecule has 1 aromatic carbocycles. The van der Waals surface area contributed by atoms with Crippen molar-refractivity contribution in [3.63, 3.8) is 0 Å². The van der Waals surface area contributed by atoms with Crippen LogP contribution < -0.4 is 0 Å². The van der Waals surface area contributed by atoms with Crippen molar-refractivity contribution in [3.8, 4) is 0 Å². The molecule has 0 bridgehead atoms. The van der Waals surface area contributed by atoms with Crippen molar-refractivity contribution in [2.75, 3.05) is 6.61 Å². The summed E-state index contributed by atoms with van der Waals surface area (Å²) in [5.41, 5.74) is 1.18. The van der Waals surface area contributed by atoms with Gasteiger partial charge in [0.05, 0.1) is 19.3 Å². The summed E-state index contributed by atoms with van der Waals surface area (Å²) in [5, 5.41) is 9.73. The number of ether oxygens (including phenoxy) is 1. The van der Waals surface area contributed by atoms with Crippen LogP contribution >= 0.6 is 0 Å². The maximum absolute atomic E-state index is 9.73. The first-order valence-corrected chi connectivity index (χ1v) is 5.82. The highest BCUT2D eigenvalue weighted by Crippen LogP contribution is 2.18. The zero-order chi connectivity index (χ0) is 11.2. The fourth-order valence-corrected chi connectivity index (χ4v) is 1.93. The van der Waals surface area contributed by atoms with Crippen molar-refractivity contribution in [3.05, 3.63) is 48.0 Å². The minimum Gasteiger partial charge on any atom is -0.392 e. The molecule has 2 atom stereocenters. The van der Waals surface area contributed by atoms with E-state index in [1.54, 1.807) is 0 Å². The van der Waals surface area contributed by atoms with E-state index >= 15 is 0 Å². The third-order valence-corrected chi connectivity index (χ3v) is 2.93. The van der Waals surface area contributed by atoms with E-state index in [1.807, 2.05) is 30.3 Å². The Morgan fingerprint density at radius 3 is 2.81 bits per heavy atom. The van der Waals surface area contributed by atoms with Crippen molar-refractivity contribution in [1.29, 1.82) is 0 Å². The third kappa shape index (κ3) is 3.19. The van der Waals surface area contributed by atoms with Gasteiger partial charge in [0, 0.05) is 5.92 Å². The van der Waals surface area contributed by atoms with E-state index in [4.69, 9.17) is 4.74 Å². The second-order valence-corrected chi connectivity index (χ2v) is 4.24. The number of benzene rings is 1. The maximum Gasteiger partial charge on any atom is 0.0717 e. The van der Waals surface area contributed by atoms with Crippen LogP contribution in [0.2, 0.25) is 0 Å². The zero-order valence-corrected chi connectivity index (χ0v) is 9.38. The lowest BCUT2D eigenvalue weighted by Gasteiger charge is -2.22. The number of allylic oxidation sites excluding steroid dienone is 1. The smallest absolute Gasteiger partial charge is 0.0717 e. The van der Waals surface area contributed by atoms with Gasteiger partial charge in [-0.05, 0) is 18.4 Å².